The van der Waals surface area contributed by atoms with Crippen LogP contribution in [0.2, 0.25) is 0 Å². The number of hydrogen-bond donors (Lipinski definition) is 1. The van der Waals surface area contributed by atoms with E-state index in [0.717, 1.165) is 22.5 Å². The van der Waals surface area contributed by atoms with Crippen LogP contribution < -0.4 is 0 Å². The fraction of sp³-hybridized carbons (Fsp3) is 0.333. The van der Waals surface area contributed by atoms with E-state index in [0.29, 0.717) is 34.9 Å². The van der Waals surface area contributed by atoms with Gasteiger partial charge >= 0.3 is 0 Å². The summed E-state index contributed by atoms with van der Waals surface area (Å²) < 4.78 is 0. The molecule has 0 amide bonds. The van der Waals surface area contributed by atoms with E-state index in [4.69, 9.17) is 4.99 Å². The van der Waals surface area contributed by atoms with Crippen molar-refractivity contribution < 1.29 is 26.4 Å². The van der Waals surface area contributed by atoms with Crippen molar-refractivity contribution in [3.63, 3.8) is 0 Å². The third kappa shape index (κ3) is 12.6. The number of para-hydroxylation sites is 2. The standard InChI is InChI=1S/C27H38N2O.C7H5O.C5H5N.Ni/c1-16(2)21-12-10-13-22(17(3)4)25(21)28-20(9)27(30)29-26-23(18(5)6)14-11-15-24(26)19(7)8;8-6-7-4-2-1-3-5-7;1-2-4-6-5-3-1;/h10-19H,1-9H3,(H,29,30);1-5H;1-5H;/q;-1;;. The molecule has 1 aromatic heterocycles. The van der Waals surface area contributed by atoms with Crippen LogP contribution in [-0.2, 0) is 21.3 Å². The van der Waals surface area contributed by atoms with Crippen LogP contribution in [0, 0.1) is 0 Å². The molecule has 0 aliphatic heterocycles. The van der Waals surface area contributed by atoms with Crippen LogP contribution in [0.5, 0.6) is 0 Å². The molecular weight excluding hydrogens is 601 g/mol. The Morgan fingerprint density at radius 1 is 0.600 bits per heavy atom. The Bertz CT molecular complexity index is 1340. The maximum Gasteiger partial charge on any atom is 0.233 e. The normalized spacial score (nSPS) is 11.4. The molecule has 4 rings (SSSR count). The summed E-state index contributed by atoms with van der Waals surface area (Å²) in [5.41, 5.74) is 7.65. The Labute approximate surface area is 280 Å². The first kappa shape index (κ1) is 39.1. The van der Waals surface area contributed by atoms with Crippen molar-refractivity contribution in [1.82, 2.24) is 4.98 Å². The van der Waals surface area contributed by atoms with Gasteiger partial charge in [-0.2, -0.15) is 17.7 Å². The summed E-state index contributed by atoms with van der Waals surface area (Å²) in [7, 11) is 0. The monoisotopic (exact) mass is 648 g/mol. The van der Waals surface area contributed by atoms with E-state index < -0.39 is 0 Å². The van der Waals surface area contributed by atoms with Crippen molar-refractivity contribution in [2.75, 3.05) is 0 Å². The van der Waals surface area contributed by atoms with Crippen LogP contribution in [0.25, 0.3) is 0 Å². The first-order valence-corrected chi connectivity index (χ1v) is 15.3. The van der Waals surface area contributed by atoms with Crippen molar-refractivity contribution >= 4 is 29.3 Å². The van der Waals surface area contributed by atoms with Gasteiger partial charge in [0, 0.05) is 28.9 Å². The molecule has 1 heterocycles. The predicted octanol–water partition coefficient (Wildman–Crippen LogP) is 10.8. The number of aromatic nitrogens is 1. The van der Waals surface area contributed by atoms with E-state index in [1.54, 1.807) is 42.9 Å². The third-order valence-electron chi connectivity index (χ3n) is 6.96. The van der Waals surface area contributed by atoms with E-state index in [1.807, 2.05) is 31.2 Å². The Morgan fingerprint density at radius 3 is 1.27 bits per heavy atom. The second kappa shape index (κ2) is 20.2. The molecule has 0 aliphatic carbocycles. The van der Waals surface area contributed by atoms with Crippen molar-refractivity contribution in [2.24, 2.45) is 9.98 Å². The second-order valence-corrected chi connectivity index (χ2v) is 11.8. The van der Waals surface area contributed by atoms with Gasteiger partial charge in [-0.05, 0) is 65.0 Å². The molecule has 242 valence electrons. The molecular formula is C39H48N3NiO2-. The molecule has 6 heteroatoms. The maximum atomic E-state index is 10.9. The zero-order valence-electron chi connectivity index (χ0n) is 28.1. The van der Waals surface area contributed by atoms with Crippen LogP contribution >= 0.6 is 0 Å². The van der Waals surface area contributed by atoms with Gasteiger partial charge in [-0.3, -0.25) is 4.98 Å². The second-order valence-electron chi connectivity index (χ2n) is 11.8. The quantitative estimate of drug-likeness (QED) is 0.0893. The zero-order chi connectivity index (χ0) is 32.6. The van der Waals surface area contributed by atoms with E-state index in [1.165, 1.54) is 11.1 Å². The Hall–Kier alpha value is -3.89. The minimum Gasteiger partial charge on any atom is -0.492 e. The molecule has 3 aromatic carbocycles. The van der Waals surface area contributed by atoms with E-state index in [-0.39, 0.29) is 22.4 Å². The zero-order valence-corrected chi connectivity index (χ0v) is 29.0. The van der Waals surface area contributed by atoms with Gasteiger partial charge in [-0.25, -0.2) is 9.98 Å². The van der Waals surface area contributed by atoms with Gasteiger partial charge in [0.05, 0.1) is 23.4 Å². The van der Waals surface area contributed by atoms with Crippen LogP contribution in [0.1, 0.15) is 114 Å². The van der Waals surface area contributed by atoms with Gasteiger partial charge in [0.2, 0.25) is 5.90 Å². The van der Waals surface area contributed by atoms with E-state index in [2.05, 4.69) is 102 Å². The number of rotatable bonds is 8. The van der Waals surface area contributed by atoms with Crippen LogP contribution in [0.4, 0.5) is 11.4 Å². The average molecular weight is 650 g/mol. The van der Waals surface area contributed by atoms with Gasteiger partial charge in [0.15, 0.2) is 0 Å². The summed E-state index contributed by atoms with van der Waals surface area (Å²) >= 11 is 0. The molecule has 0 fully saturated rings. The van der Waals surface area contributed by atoms with E-state index >= 15 is 0 Å². The van der Waals surface area contributed by atoms with Gasteiger partial charge in [-0.15, -0.1) is 12.1 Å². The van der Waals surface area contributed by atoms with Crippen molar-refractivity contribution in [3.05, 3.63) is 125 Å². The molecule has 0 spiro atoms. The molecule has 5 nitrogen and oxygen atoms in total. The fourth-order valence-corrected chi connectivity index (χ4v) is 4.51. The molecule has 4 aromatic rings. The minimum atomic E-state index is -0.0155. The largest absolute Gasteiger partial charge is 0.492 e. The Morgan fingerprint density at radius 2 is 0.978 bits per heavy atom. The predicted molar refractivity (Wildman–Crippen MR) is 187 cm³/mol. The van der Waals surface area contributed by atoms with Gasteiger partial charge in [0.25, 0.3) is 0 Å². The summed E-state index contributed by atoms with van der Waals surface area (Å²) in [6.07, 6.45) is 5.28. The molecule has 0 radical (unpaired) electrons. The molecule has 0 bridgehead atoms. The van der Waals surface area contributed by atoms with Crippen molar-refractivity contribution in [1.29, 1.82) is 0 Å². The summed E-state index contributed by atoms with van der Waals surface area (Å²) in [6, 6.07) is 27.2. The smallest absolute Gasteiger partial charge is 0.233 e. The van der Waals surface area contributed by atoms with E-state index in [9.17, 15) is 9.90 Å². The fourth-order valence-electron chi connectivity index (χ4n) is 4.51. The minimum absolute atomic E-state index is 0. The maximum absolute atomic E-state index is 10.9. The van der Waals surface area contributed by atoms with Gasteiger partial charge < -0.3 is 9.90 Å². The first-order chi connectivity index (χ1) is 21.0. The summed E-state index contributed by atoms with van der Waals surface area (Å²) in [5.74, 6) is 1.33. The Balaban J connectivity index is 0.000000548. The number of nitrogens with zero attached hydrogens (tertiary/aromatic N) is 3. The molecule has 0 unspecified atom stereocenters. The molecule has 0 saturated carbocycles. The number of aliphatic hydroxyl groups excluding tert-OH is 1. The molecule has 0 saturated heterocycles. The number of hydrogen-bond acceptors (Lipinski definition) is 4. The SMILES string of the molecule is CC(=Nc1c(C(C)C)cccc1C(C)C)C(O)=Nc1c(C(C)C)cccc1C(C)C.O=[C-]c1ccccc1.[Ni].c1ccncc1. The molecule has 45 heavy (non-hydrogen) atoms. The number of pyridine rings is 1. The third-order valence-corrected chi connectivity index (χ3v) is 6.96. The van der Waals surface area contributed by atoms with Crippen molar-refractivity contribution in [3.8, 4) is 0 Å². The summed E-state index contributed by atoms with van der Waals surface area (Å²) in [4.78, 5) is 23.2. The van der Waals surface area contributed by atoms with Crippen LogP contribution in [-0.4, -0.2) is 28.0 Å². The molecule has 1 N–H and O–H groups in total. The van der Waals surface area contributed by atoms with Crippen LogP contribution in [0.15, 0.2) is 107 Å². The molecule has 0 atom stereocenters. The number of carbonyl (C=O) groups excluding carboxylic acids is 1. The first-order valence-electron chi connectivity index (χ1n) is 15.3. The topological polar surface area (TPSA) is 74.9 Å². The van der Waals surface area contributed by atoms with Crippen molar-refractivity contribution in [2.45, 2.75) is 86.0 Å². The van der Waals surface area contributed by atoms with Crippen LogP contribution in [0.3, 0.4) is 0 Å². The Kier molecular flexibility index (Phi) is 17.6. The van der Waals surface area contributed by atoms with Gasteiger partial charge in [-0.1, -0.05) is 104 Å². The number of aliphatic imine (C=N–C) groups is 2. The molecule has 0 aliphatic rings. The average Bonchev–Trinajstić information content (AvgIpc) is 3.02. The number of aliphatic hydroxyl groups is 1. The summed E-state index contributed by atoms with van der Waals surface area (Å²) in [5, 5.41) is 10.9. The number of benzene rings is 3. The summed E-state index contributed by atoms with van der Waals surface area (Å²) in [6.45, 7) is 19.2. The van der Waals surface area contributed by atoms with Gasteiger partial charge in [0.1, 0.15) is 0 Å².